The van der Waals surface area contributed by atoms with E-state index in [0.717, 1.165) is 0 Å². The molecule has 158 valence electrons. The van der Waals surface area contributed by atoms with Crippen LogP contribution >= 0.6 is 11.6 Å². The summed E-state index contributed by atoms with van der Waals surface area (Å²) in [5.41, 5.74) is 1.02. The molecule has 0 aliphatic heterocycles. The minimum absolute atomic E-state index is 0.223. The van der Waals surface area contributed by atoms with Crippen molar-refractivity contribution in [2.75, 3.05) is 18.4 Å². The molecule has 0 fully saturated rings. The molecule has 0 amide bonds. The molecule has 2 aromatic carbocycles. The average molecular weight is 447 g/mol. The number of anilines is 1. The number of hydrogen-bond donors (Lipinski definition) is 2. The number of hydrogen-bond acceptors (Lipinski definition) is 4. The van der Waals surface area contributed by atoms with Gasteiger partial charge in [0.25, 0.3) is 5.56 Å². The van der Waals surface area contributed by atoms with E-state index < -0.39 is 10.0 Å². The van der Waals surface area contributed by atoms with E-state index in [1.807, 2.05) is 0 Å². The minimum Gasteiger partial charge on any atom is -0.361 e. The summed E-state index contributed by atoms with van der Waals surface area (Å²) in [6.45, 7) is 8.30. The lowest BCUT2D eigenvalue weighted by Crippen LogP contribution is -2.34. The second kappa shape index (κ2) is 8.91. The monoisotopic (exact) mass is 446 g/mol. The Morgan fingerprint density at radius 1 is 1.10 bits per heavy atom. The largest absolute Gasteiger partial charge is 0.361 e. The number of nitrogens with one attached hydrogen (secondary N) is 2. The lowest BCUT2D eigenvalue weighted by atomic mass is 10.3. The van der Waals surface area contributed by atoms with Gasteiger partial charge < -0.3 is 5.32 Å². The van der Waals surface area contributed by atoms with Gasteiger partial charge in [-0.15, -0.1) is 0 Å². The van der Waals surface area contributed by atoms with Gasteiger partial charge in [-0.1, -0.05) is 32.0 Å². The Bertz CT molecular complexity index is 1290. The summed E-state index contributed by atoms with van der Waals surface area (Å²) >= 11 is 5.90. The van der Waals surface area contributed by atoms with Gasteiger partial charge in [-0.3, -0.25) is 9.89 Å². The molecule has 0 saturated carbocycles. The van der Waals surface area contributed by atoms with E-state index in [9.17, 15) is 13.2 Å². The number of aromatic amines is 1. The Labute approximate surface area is 179 Å². The fourth-order valence-electron chi connectivity index (χ4n) is 3.01. The molecule has 0 saturated heterocycles. The van der Waals surface area contributed by atoms with E-state index in [1.165, 1.54) is 21.1 Å². The van der Waals surface area contributed by atoms with Crippen molar-refractivity contribution in [1.29, 1.82) is 0 Å². The smallest absolute Gasteiger partial charge is 0.280 e. The Morgan fingerprint density at radius 2 is 1.70 bits per heavy atom. The summed E-state index contributed by atoms with van der Waals surface area (Å²) in [5, 5.41) is 7.35. The number of benzene rings is 2. The third-order valence-electron chi connectivity index (χ3n) is 4.67. The van der Waals surface area contributed by atoms with Crippen molar-refractivity contribution in [3.8, 4) is 5.69 Å². The number of rotatable bonds is 7. The van der Waals surface area contributed by atoms with Crippen LogP contribution in [-0.4, -0.2) is 35.6 Å². The molecule has 1 aromatic heterocycles. The molecule has 3 rings (SSSR count). The summed E-state index contributed by atoms with van der Waals surface area (Å²) in [4.78, 5) is 12.9. The van der Waals surface area contributed by atoms with Crippen LogP contribution in [0.2, 0.25) is 5.02 Å². The van der Waals surface area contributed by atoms with Gasteiger partial charge in [0.15, 0.2) is 0 Å². The molecule has 7 nitrogen and oxygen atoms in total. The Morgan fingerprint density at radius 3 is 2.27 bits per heavy atom. The first-order chi connectivity index (χ1) is 14.3. The van der Waals surface area contributed by atoms with E-state index in [-0.39, 0.29) is 10.5 Å². The third kappa shape index (κ3) is 4.35. The van der Waals surface area contributed by atoms with E-state index in [1.54, 1.807) is 56.4 Å². The first-order valence-corrected chi connectivity index (χ1v) is 11.2. The van der Waals surface area contributed by atoms with Gasteiger partial charge >= 0.3 is 0 Å². The SMILES string of the molecule is C=c1[nH]n(-c2ccc(Cl)cc2)c(=O)/c1=C\Nc1ccc(S(=O)(=O)N(CC)CC)cc1. The van der Waals surface area contributed by atoms with Gasteiger partial charge in [0.2, 0.25) is 10.0 Å². The number of H-pyrrole nitrogens is 1. The van der Waals surface area contributed by atoms with Crippen LogP contribution in [0.25, 0.3) is 18.5 Å². The van der Waals surface area contributed by atoms with Crippen LogP contribution in [-0.2, 0) is 10.0 Å². The highest BCUT2D eigenvalue weighted by Crippen LogP contribution is 2.18. The highest BCUT2D eigenvalue weighted by atomic mass is 35.5. The molecule has 30 heavy (non-hydrogen) atoms. The molecule has 0 aliphatic carbocycles. The second-order valence-corrected chi connectivity index (χ2v) is 8.90. The third-order valence-corrected chi connectivity index (χ3v) is 6.99. The van der Waals surface area contributed by atoms with Crippen LogP contribution in [0.3, 0.4) is 0 Å². The molecule has 1 heterocycles. The van der Waals surface area contributed by atoms with Crippen molar-refractivity contribution in [2.24, 2.45) is 0 Å². The molecule has 0 atom stereocenters. The Hall–Kier alpha value is -2.81. The zero-order valence-electron chi connectivity index (χ0n) is 16.7. The van der Waals surface area contributed by atoms with Crippen molar-refractivity contribution in [1.82, 2.24) is 14.1 Å². The minimum atomic E-state index is -3.51. The van der Waals surface area contributed by atoms with Crippen LogP contribution in [0.15, 0.2) is 58.2 Å². The number of nitrogens with zero attached hydrogens (tertiary/aromatic N) is 2. The maximum absolute atomic E-state index is 12.7. The molecule has 0 radical (unpaired) electrons. The highest BCUT2D eigenvalue weighted by Gasteiger charge is 2.21. The number of sulfonamides is 1. The van der Waals surface area contributed by atoms with Crippen LogP contribution in [0.4, 0.5) is 5.69 Å². The molecular weight excluding hydrogens is 424 g/mol. The molecule has 9 heteroatoms. The van der Waals surface area contributed by atoms with Crippen molar-refractivity contribution in [3.05, 3.63) is 74.5 Å². The zero-order valence-corrected chi connectivity index (χ0v) is 18.3. The fourth-order valence-corrected chi connectivity index (χ4v) is 4.59. The Balaban J connectivity index is 1.87. The average Bonchev–Trinajstić information content (AvgIpc) is 3.01. The Kier molecular flexibility index (Phi) is 6.50. The molecule has 0 bridgehead atoms. The quantitative estimate of drug-likeness (QED) is 0.582. The lowest BCUT2D eigenvalue weighted by molar-refractivity contribution is 0.445. The summed E-state index contributed by atoms with van der Waals surface area (Å²) in [6, 6.07) is 13.2. The van der Waals surface area contributed by atoms with Gasteiger partial charge in [-0.2, -0.15) is 4.31 Å². The standard InChI is InChI=1S/C21H23ClN4O3S/c1-4-25(5-2)30(28,29)19-12-8-17(9-13-19)23-14-20-15(3)24-26(21(20)27)18-10-6-16(22)7-11-18/h6-14,23-24H,3-5H2,1-2H3/b20-14-. The predicted octanol–water partition coefficient (Wildman–Crippen LogP) is 2.11. The maximum Gasteiger partial charge on any atom is 0.280 e. The number of halogens is 1. The van der Waals surface area contributed by atoms with Crippen LogP contribution in [0.5, 0.6) is 0 Å². The summed E-state index contributed by atoms with van der Waals surface area (Å²) in [5.74, 6) is 0. The van der Waals surface area contributed by atoms with E-state index in [0.29, 0.717) is 40.1 Å². The van der Waals surface area contributed by atoms with Crippen LogP contribution in [0.1, 0.15) is 13.8 Å². The van der Waals surface area contributed by atoms with Crippen LogP contribution in [0, 0.1) is 0 Å². The van der Waals surface area contributed by atoms with Crippen molar-refractivity contribution < 1.29 is 8.42 Å². The van der Waals surface area contributed by atoms with Crippen molar-refractivity contribution >= 4 is 40.1 Å². The molecule has 2 N–H and O–H groups in total. The first kappa shape index (κ1) is 21.9. The molecule has 0 unspecified atom stereocenters. The fraction of sp³-hybridized carbons (Fsp3) is 0.190. The number of aromatic nitrogens is 2. The highest BCUT2D eigenvalue weighted by molar-refractivity contribution is 7.89. The summed E-state index contributed by atoms with van der Waals surface area (Å²) in [7, 11) is -3.51. The molecule has 3 aromatic rings. The predicted molar refractivity (Wildman–Crippen MR) is 121 cm³/mol. The summed E-state index contributed by atoms with van der Waals surface area (Å²) < 4.78 is 27.9. The molecule has 0 spiro atoms. The lowest BCUT2D eigenvalue weighted by Gasteiger charge is -2.18. The molecular formula is C21H23ClN4O3S. The van der Waals surface area contributed by atoms with Gasteiger partial charge in [0, 0.05) is 30.0 Å². The maximum atomic E-state index is 12.7. The first-order valence-electron chi connectivity index (χ1n) is 9.40. The van der Waals surface area contributed by atoms with Crippen molar-refractivity contribution in [3.63, 3.8) is 0 Å². The summed E-state index contributed by atoms with van der Waals surface area (Å²) in [6.07, 6.45) is 1.54. The van der Waals surface area contributed by atoms with E-state index in [2.05, 4.69) is 17.0 Å². The van der Waals surface area contributed by atoms with Gasteiger partial charge in [-0.25, -0.2) is 13.1 Å². The topological polar surface area (TPSA) is 87.2 Å². The van der Waals surface area contributed by atoms with Crippen molar-refractivity contribution in [2.45, 2.75) is 18.7 Å². The van der Waals surface area contributed by atoms with Gasteiger partial charge in [-0.05, 0) is 48.5 Å². The normalized spacial score (nSPS) is 12.5. The second-order valence-electron chi connectivity index (χ2n) is 6.52. The van der Waals surface area contributed by atoms with Crippen LogP contribution < -0.4 is 21.4 Å². The van der Waals surface area contributed by atoms with Gasteiger partial charge in [0.1, 0.15) is 0 Å². The van der Waals surface area contributed by atoms with E-state index in [4.69, 9.17) is 11.6 Å². The van der Waals surface area contributed by atoms with Gasteiger partial charge in [0.05, 0.1) is 21.2 Å². The zero-order chi connectivity index (χ0) is 21.9. The van der Waals surface area contributed by atoms with E-state index >= 15 is 0 Å². The molecule has 0 aliphatic rings.